The van der Waals surface area contributed by atoms with E-state index in [0.717, 1.165) is 0 Å². The normalized spacial score (nSPS) is 11.5. The molecule has 0 aliphatic carbocycles. The first-order valence-corrected chi connectivity index (χ1v) is 5.22. The SMILES string of the molecule is COc1cc(C(F)(F)CCN)ccc1Br. The van der Waals surface area contributed by atoms with E-state index in [9.17, 15) is 8.78 Å². The fourth-order valence-corrected chi connectivity index (χ4v) is 1.62. The molecule has 0 saturated carbocycles. The van der Waals surface area contributed by atoms with Gasteiger partial charge in [0.2, 0.25) is 0 Å². The quantitative estimate of drug-likeness (QED) is 0.920. The summed E-state index contributed by atoms with van der Waals surface area (Å²) in [6, 6.07) is 4.22. The van der Waals surface area contributed by atoms with Crippen LogP contribution in [0.3, 0.4) is 0 Å². The Morgan fingerprint density at radius 2 is 2.13 bits per heavy atom. The molecule has 15 heavy (non-hydrogen) atoms. The van der Waals surface area contributed by atoms with Gasteiger partial charge in [0.1, 0.15) is 5.75 Å². The lowest BCUT2D eigenvalue weighted by molar-refractivity contribution is -0.0109. The van der Waals surface area contributed by atoms with Crippen molar-refractivity contribution in [3.63, 3.8) is 0 Å². The Hall–Kier alpha value is -0.680. The summed E-state index contributed by atoms with van der Waals surface area (Å²) in [5, 5.41) is 0. The average Bonchev–Trinajstić information content (AvgIpc) is 2.18. The summed E-state index contributed by atoms with van der Waals surface area (Å²) in [5.41, 5.74) is 5.06. The number of alkyl halides is 2. The third-order valence-corrected chi connectivity index (χ3v) is 2.69. The van der Waals surface area contributed by atoms with Crippen LogP contribution in [0.2, 0.25) is 0 Å². The summed E-state index contributed by atoms with van der Waals surface area (Å²) in [7, 11) is 1.44. The zero-order valence-corrected chi connectivity index (χ0v) is 9.85. The maximum absolute atomic E-state index is 13.5. The van der Waals surface area contributed by atoms with Crippen molar-refractivity contribution in [2.45, 2.75) is 12.3 Å². The molecule has 0 heterocycles. The second-order valence-electron chi connectivity index (χ2n) is 3.09. The van der Waals surface area contributed by atoms with Crippen LogP contribution in [0.1, 0.15) is 12.0 Å². The number of hydrogen-bond donors (Lipinski definition) is 1. The maximum atomic E-state index is 13.5. The highest BCUT2D eigenvalue weighted by Gasteiger charge is 2.30. The van der Waals surface area contributed by atoms with Gasteiger partial charge in [0, 0.05) is 12.0 Å². The van der Waals surface area contributed by atoms with E-state index in [2.05, 4.69) is 15.9 Å². The molecule has 0 spiro atoms. The van der Waals surface area contributed by atoms with Crippen molar-refractivity contribution in [1.82, 2.24) is 0 Å². The first kappa shape index (κ1) is 12.4. The number of nitrogens with two attached hydrogens (primary N) is 1. The highest BCUT2D eigenvalue weighted by atomic mass is 79.9. The van der Waals surface area contributed by atoms with Crippen molar-refractivity contribution in [2.75, 3.05) is 13.7 Å². The Labute approximate surface area is 95.5 Å². The van der Waals surface area contributed by atoms with Crippen molar-refractivity contribution in [1.29, 1.82) is 0 Å². The minimum Gasteiger partial charge on any atom is -0.496 e. The molecular formula is C10H12BrF2NO. The number of ether oxygens (including phenoxy) is 1. The predicted octanol–water partition coefficient (Wildman–Crippen LogP) is 2.90. The molecule has 84 valence electrons. The molecule has 0 amide bonds. The molecule has 1 rings (SSSR count). The van der Waals surface area contributed by atoms with Gasteiger partial charge in [-0.2, -0.15) is 0 Å². The summed E-state index contributed by atoms with van der Waals surface area (Å²) < 4.78 is 32.5. The van der Waals surface area contributed by atoms with Gasteiger partial charge in [-0.15, -0.1) is 0 Å². The Morgan fingerprint density at radius 1 is 1.47 bits per heavy atom. The predicted molar refractivity (Wildman–Crippen MR) is 58.3 cm³/mol. The highest BCUT2D eigenvalue weighted by molar-refractivity contribution is 9.10. The van der Waals surface area contributed by atoms with Gasteiger partial charge in [-0.1, -0.05) is 6.07 Å². The Kier molecular flexibility index (Phi) is 4.04. The highest BCUT2D eigenvalue weighted by Crippen LogP contribution is 2.35. The molecule has 0 unspecified atom stereocenters. The van der Waals surface area contributed by atoms with E-state index < -0.39 is 5.92 Å². The van der Waals surface area contributed by atoms with Gasteiger partial charge in [0.05, 0.1) is 11.6 Å². The van der Waals surface area contributed by atoms with Crippen molar-refractivity contribution in [2.24, 2.45) is 5.73 Å². The van der Waals surface area contributed by atoms with E-state index in [-0.39, 0.29) is 18.5 Å². The zero-order chi connectivity index (χ0) is 11.5. The minimum atomic E-state index is -2.90. The van der Waals surface area contributed by atoms with Crippen molar-refractivity contribution in [3.8, 4) is 5.75 Å². The van der Waals surface area contributed by atoms with Crippen molar-refractivity contribution >= 4 is 15.9 Å². The van der Waals surface area contributed by atoms with E-state index in [0.29, 0.717) is 10.2 Å². The van der Waals surface area contributed by atoms with E-state index in [4.69, 9.17) is 10.5 Å². The first-order valence-electron chi connectivity index (χ1n) is 4.43. The summed E-state index contributed by atoms with van der Waals surface area (Å²) in [5.74, 6) is -2.51. The molecule has 0 saturated heterocycles. The van der Waals surface area contributed by atoms with Gasteiger partial charge < -0.3 is 10.5 Å². The molecular weight excluding hydrogens is 268 g/mol. The van der Waals surface area contributed by atoms with E-state index in [1.54, 1.807) is 6.07 Å². The minimum absolute atomic E-state index is 0.0502. The Balaban J connectivity index is 3.04. The van der Waals surface area contributed by atoms with Gasteiger partial charge in [0.15, 0.2) is 0 Å². The summed E-state index contributed by atoms with van der Waals surface area (Å²) >= 11 is 3.20. The van der Waals surface area contributed by atoms with Gasteiger partial charge in [-0.3, -0.25) is 0 Å². The van der Waals surface area contributed by atoms with E-state index in [1.165, 1.54) is 19.2 Å². The number of hydrogen-bond acceptors (Lipinski definition) is 2. The second kappa shape index (κ2) is 4.90. The Morgan fingerprint density at radius 3 is 2.67 bits per heavy atom. The second-order valence-corrected chi connectivity index (χ2v) is 3.95. The summed E-state index contributed by atoms with van der Waals surface area (Å²) in [4.78, 5) is 0. The monoisotopic (exact) mass is 279 g/mol. The Bertz CT molecular complexity index is 344. The van der Waals surface area contributed by atoms with Crippen LogP contribution in [0.4, 0.5) is 8.78 Å². The lowest BCUT2D eigenvalue weighted by atomic mass is 10.1. The molecule has 0 aliphatic rings. The topological polar surface area (TPSA) is 35.2 Å². The molecule has 0 aromatic heterocycles. The maximum Gasteiger partial charge on any atom is 0.274 e. The number of halogens is 3. The fourth-order valence-electron chi connectivity index (χ4n) is 1.21. The average molecular weight is 280 g/mol. The molecule has 0 fully saturated rings. The van der Waals surface area contributed by atoms with Crippen LogP contribution in [-0.4, -0.2) is 13.7 Å². The number of rotatable bonds is 4. The molecule has 0 radical (unpaired) electrons. The van der Waals surface area contributed by atoms with Crippen LogP contribution in [0.5, 0.6) is 5.75 Å². The summed E-state index contributed by atoms with van der Waals surface area (Å²) in [6.45, 7) is -0.0502. The number of methoxy groups -OCH3 is 1. The van der Waals surface area contributed by atoms with E-state index >= 15 is 0 Å². The van der Waals surface area contributed by atoms with E-state index in [1.807, 2.05) is 0 Å². The molecule has 2 N–H and O–H groups in total. The molecule has 0 atom stereocenters. The lowest BCUT2D eigenvalue weighted by Crippen LogP contribution is -2.18. The molecule has 1 aromatic rings. The fraction of sp³-hybridized carbons (Fsp3) is 0.400. The number of benzene rings is 1. The van der Waals surface area contributed by atoms with Gasteiger partial charge in [-0.05, 0) is 34.6 Å². The van der Waals surface area contributed by atoms with Crippen molar-refractivity contribution < 1.29 is 13.5 Å². The summed E-state index contributed by atoms with van der Waals surface area (Å²) in [6.07, 6.45) is -0.363. The molecule has 1 aromatic carbocycles. The smallest absolute Gasteiger partial charge is 0.274 e. The first-order chi connectivity index (χ1) is 7.01. The lowest BCUT2D eigenvalue weighted by Gasteiger charge is -2.16. The van der Waals surface area contributed by atoms with Crippen LogP contribution in [0.15, 0.2) is 22.7 Å². The largest absolute Gasteiger partial charge is 0.496 e. The van der Waals surface area contributed by atoms with Crippen LogP contribution in [0, 0.1) is 0 Å². The molecule has 0 bridgehead atoms. The zero-order valence-electron chi connectivity index (χ0n) is 8.27. The molecule has 0 aliphatic heterocycles. The van der Waals surface area contributed by atoms with Gasteiger partial charge in [-0.25, -0.2) is 8.78 Å². The van der Waals surface area contributed by atoms with Crippen LogP contribution < -0.4 is 10.5 Å². The van der Waals surface area contributed by atoms with Gasteiger partial charge in [0.25, 0.3) is 5.92 Å². The third kappa shape index (κ3) is 2.89. The standard InChI is InChI=1S/C10H12BrF2NO/c1-15-9-6-7(2-3-8(9)11)10(12,13)4-5-14/h2-3,6H,4-5,14H2,1H3. The third-order valence-electron chi connectivity index (χ3n) is 2.03. The van der Waals surface area contributed by atoms with Crippen molar-refractivity contribution in [3.05, 3.63) is 28.2 Å². The van der Waals surface area contributed by atoms with Crippen LogP contribution in [0.25, 0.3) is 0 Å². The molecule has 2 nitrogen and oxygen atoms in total. The van der Waals surface area contributed by atoms with Gasteiger partial charge >= 0.3 is 0 Å². The van der Waals surface area contributed by atoms with Crippen LogP contribution in [-0.2, 0) is 5.92 Å². The van der Waals surface area contributed by atoms with Crippen LogP contribution >= 0.6 is 15.9 Å². The molecule has 5 heteroatoms.